The Morgan fingerprint density at radius 1 is 1.15 bits per heavy atom. The molecule has 2 atom stereocenters. The number of nitrogens with one attached hydrogen (secondary N) is 1. The van der Waals surface area contributed by atoms with Gasteiger partial charge in [-0.3, -0.25) is 9.80 Å². The molecule has 1 aliphatic heterocycles. The van der Waals surface area contributed by atoms with Crippen molar-refractivity contribution < 1.29 is 32.6 Å². The molecule has 4 rings (SSSR count). The predicted octanol–water partition coefficient (Wildman–Crippen LogP) is 4.03. The first-order valence-electron chi connectivity index (χ1n) is 9.97. The summed E-state index contributed by atoms with van der Waals surface area (Å²) in [6.45, 7) is 0. The van der Waals surface area contributed by atoms with Gasteiger partial charge >= 0.3 is 12.1 Å². The Labute approximate surface area is 191 Å². The zero-order valence-corrected chi connectivity index (χ0v) is 18.0. The van der Waals surface area contributed by atoms with Crippen LogP contribution in [0.4, 0.5) is 13.2 Å². The first-order valence-corrected chi connectivity index (χ1v) is 10.3. The lowest BCUT2D eigenvalue weighted by Gasteiger charge is -2.28. The summed E-state index contributed by atoms with van der Waals surface area (Å²) in [4.78, 5) is 24.3. The summed E-state index contributed by atoms with van der Waals surface area (Å²) in [5, 5.41) is 16.7. The fraction of sp³-hybridized carbons (Fsp3) is 0.318. The second-order valence-electron chi connectivity index (χ2n) is 7.95. The van der Waals surface area contributed by atoms with Gasteiger partial charge in [0.25, 0.3) is 0 Å². The second kappa shape index (κ2) is 8.26. The Bertz CT molecular complexity index is 1100. The van der Waals surface area contributed by atoms with Gasteiger partial charge in [0.15, 0.2) is 5.71 Å². The third kappa shape index (κ3) is 4.61. The van der Waals surface area contributed by atoms with E-state index in [0.29, 0.717) is 23.4 Å². The zero-order chi connectivity index (χ0) is 24.0. The molecule has 0 bridgehead atoms. The molecule has 1 heterocycles. The lowest BCUT2D eigenvalue weighted by molar-refractivity contribution is -0.130. The van der Waals surface area contributed by atoms with Gasteiger partial charge < -0.3 is 15.2 Å². The van der Waals surface area contributed by atoms with E-state index in [1.54, 1.807) is 12.1 Å². The van der Waals surface area contributed by atoms with Crippen LogP contribution in [0.15, 0.2) is 53.6 Å². The molecule has 1 fully saturated rings. The fourth-order valence-electron chi connectivity index (χ4n) is 3.78. The maximum Gasteiger partial charge on any atom is 0.432 e. The number of carboxylic acids is 1. The minimum atomic E-state index is -4.84. The number of halogens is 4. The van der Waals surface area contributed by atoms with Crippen molar-refractivity contribution in [2.45, 2.75) is 30.8 Å². The molecule has 0 aromatic heterocycles. The second-order valence-corrected chi connectivity index (χ2v) is 8.39. The van der Waals surface area contributed by atoms with Crippen molar-refractivity contribution in [3.05, 3.63) is 64.7 Å². The number of alkyl halides is 3. The highest BCUT2D eigenvalue weighted by Crippen LogP contribution is 2.46. The highest BCUT2D eigenvalue weighted by atomic mass is 35.5. The first-order chi connectivity index (χ1) is 15.5. The highest BCUT2D eigenvalue weighted by Gasteiger charge is 2.56. The van der Waals surface area contributed by atoms with E-state index in [0.717, 1.165) is 5.01 Å². The van der Waals surface area contributed by atoms with Crippen LogP contribution in [0, 0.1) is 5.92 Å². The normalized spacial score (nSPS) is 21.4. The smallest absolute Gasteiger partial charge is 0.432 e. The molecule has 0 radical (unpaired) electrons. The number of benzene rings is 2. The molecule has 2 aromatic carbocycles. The van der Waals surface area contributed by atoms with Gasteiger partial charge in [0.1, 0.15) is 11.7 Å². The molecule has 2 aromatic rings. The van der Waals surface area contributed by atoms with Gasteiger partial charge in [-0.1, -0.05) is 23.7 Å². The van der Waals surface area contributed by atoms with Crippen molar-refractivity contribution in [1.82, 2.24) is 10.3 Å². The summed E-state index contributed by atoms with van der Waals surface area (Å²) in [6, 6.07) is 11.9. The van der Waals surface area contributed by atoms with E-state index in [-0.39, 0.29) is 11.3 Å². The van der Waals surface area contributed by atoms with Crippen LogP contribution in [-0.2, 0) is 10.3 Å². The lowest BCUT2D eigenvalue weighted by Crippen LogP contribution is -2.50. The molecule has 2 N–H and O–H groups in total. The van der Waals surface area contributed by atoms with Crippen LogP contribution in [0.3, 0.4) is 0 Å². The third-order valence-electron chi connectivity index (χ3n) is 5.65. The Morgan fingerprint density at radius 3 is 2.27 bits per heavy atom. The van der Waals surface area contributed by atoms with E-state index >= 15 is 0 Å². The molecule has 2 unspecified atom stereocenters. The number of carbonyl (C=O) groups excluding carboxylic acids is 1. The zero-order valence-electron chi connectivity index (χ0n) is 17.3. The average molecular weight is 482 g/mol. The van der Waals surface area contributed by atoms with Gasteiger partial charge in [-0.05, 0) is 54.8 Å². The summed E-state index contributed by atoms with van der Waals surface area (Å²) in [7, 11) is 1.30. The topological polar surface area (TPSA) is 91.2 Å². The number of ether oxygens (including phenoxy) is 1. The number of aromatic carboxylic acids is 1. The van der Waals surface area contributed by atoms with Crippen LogP contribution < -0.4 is 10.1 Å². The maximum atomic E-state index is 13.7. The van der Waals surface area contributed by atoms with Crippen LogP contribution in [0.25, 0.3) is 0 Å². The molecular weight excluding hydrogens is 463 g/mol. The molecule has 2 aliphatic rings. The Kier molecular flexibility index (Phi) is 5.73. The van der Waals surface area contributed by atoms with Crippen LogP contribution in [0.2, 0.25) is 5.02 Å². The van der Waals surface area contributed by atoms with Crippen molar-refractivity contribution in [1.29, 1.82) is 0 Å². The Hall–Kier alpha value is -3.27. The summed E-state index contributed by atoms with van der Waals surface area (Å²) < 4.78 is 46.9. The van der Waals surface area contributed by atoms with Crippen LogP contribution >= 0.6 is 11.6 Å². The number of nitrogens with zero attached hydrogens (tertiary/aromatic N) is 2. The van der Waals surface area contributed by atoms with E-state index in [2.05, 4.69) is 10.4 Å². The number of carboxylic acid groups (broad SMARTS) is 1. The number of amides is 1. The minimum absolute atomic E-state index is 0.0706. The molecule has 1 saturated carbocycles. The Morgan fingerprint density at radius 2 is 1.76 bits per heavy atom. The van der Waals surface area contributed by atoms with Crippen LogP contribution in [0.1, 0.15) is 28.8 Å². The summed E-state index contributed by atoms with van der Waals surface area (Å²) >= 11 is 5.85. The van der Waals surface area contributed by atoms with Crippen molar-refractivity contribution in [3.8, 4) is 5.75 Å². The largest absolute Gasteiger partial charge is 0.478 e. The number of hydrazone groups is 1. The third-order valence-corrected chi connectivity index (χ3v) is 5.91. The van der Waals surface area contributed by atoms with E-state index in [1.165, 1.54) is 43.4 Å². The van der Waals surface area contributed by atoms with Crippen molar-refractivity contribution >= 4 is 29.2 Å². The van der Waals surface area contributed by atoms with Crippen LogP contribution in [-0.4, -0.2) is 47.2 Å². The lowest BCUT2D eigenvalue weighted by atomic mass is 9.97. The van der Waals surface area contributed by atoms with Gasteiger partial charge in [0.2, 0.25) is 12.1 Å². The molecular formula is C22H19ClF3N3O4. The van der Waals surface area contributed by atoms with Gasteiger partial charge in [0, 0.05) is 12.1 Å². The predicted molar refractivity (Wildman–Crippen MR) is 113 cm³/mol. The molecule has 7 nitrogen and oxygen atoms in total. The average Bonchev–Trinajstić information content (AvgIpc) is 3.45. The van der Waals surface area contributed by atoms with Crippen molar-refractivity contribution in [2.24, 2.45) is 11.0 Å². The molecule has 174 valence electrons. The Balaban J connectivity index is 1.59. The molecule has 1 aliphatic carbocycles. The van der Waals surface area contributed by atoms with Gasteiger partial charge in [-0.25, -0.2) is 4.79 Å². The monoisotopic (exact) mass is 481 g/mol. The van der Waals surface area contributed by atoms with Crippen molar-refractivity contribution in [2.75, 3.05) is 7.05 Å². The maximum absolute atomic E-state index is 13.7. The van der Waals surface area contributed by atoms with E-state index < -0.39 is 41.4 Å². The van der Waals surface area contributed by atoms with Gasteiger partial charge in [-0.15, -0.1) is 0 Å². The number of carbonyl (C=O) groups is 2. The molecule has 0 saturated heterocycles. The summed E-state index contributed by atoms with van der Waals surface area (Å²) in [5.74, 6) is -3.48. The number of rotatable bonds is 6. The fourth-order valence-corrected chi connectivity index (χ4v) is 3.91. The molecule has 11 heteroatoms. The van der Waals surface area contributed by atoms with Crippen molar-refractivity contribution in [3.63, 3.8) is 0 Å². The molecule has 33 heavy (non-hydrogen) atoms. The molecule has 0 spiro atoms. The van der Waals surface area contributed by atoms with E-state index in [1.807, 2.05) is 0 Å². The van der Waals surface area contributed by atoms with Crippen LogP contribution in [0.5, 0.6) is 5.75 Å². The van der Waals surface area contributed by atoms with E-state index in [4.69, 9.17) is 21.4 Å². The molecule has 1 amide bonds. The minimum Gasteiger partial charge on any atom is -0.478 e. The number of hydrogen-bond donors (Lipinski definition) is 2. The standard InChI is InChI=1S/C22H19ClF3N3O4/c1-29-19(33-15-8-6-14(23)7-9-15)16(17(28-29)22(24,25)26)18(30)27-21(10-11-21)13-4-2-12(3-5-13)20(31)32/h2-9,16,19H,10-11H2,1H3,(H,27,30)(H,31,32). The van der Waals surface area contributed by atoms with Gasteiger partial charge in [0.05, 0.1) is 11.1 Å². The summed E-state index contributed by atoms with van der Waals surface area (Å²) in [6.07, 6.45) is -5.15. The highest BCUT2D eigenvalue weighted by molar-refractivity contribution is 6.30. The summed E-state index contributed by atoms with van der Waals surface area (Å²) in [5.41, 5.74) is -1.43. The van der Waals surface area contributed by atoms with E-state index in [9.17, 15) is 22.8 Å². The van der Waals surface area contributed by atoms with Gasteiger partial charge in [-0.2, -0.15) is 18.3 Å². The SMILES string of the molecule is CN1N=C(C(F)(F)F)C(C(=O)NC2(c3ccc(C(=O)O)cc3)CC2)C1Oc1ccc(Cl)cc1. The number of hydrogen-bond acceptors (Lipinski definition) is 5. The first kappa shape index (κ1) is 22.9. The quantitative estimate of drug-likeness (QED) is 0.650.